The molecule has 0 spiro atoms. The Bertz CT molecular complexity index is 182. The summed E-state index contributed by atoms with van der Waals surface area (Å²) in [6, 6.07) is 2.02. The quantitative estimate of drug-likeness (QED) is 0.612. The Hall–Kier alpha value is -0.500. The van der Waals surface area contributed by atoms with Gasteiger partial charge in [-0.2, -0.15) is 0 Å². The van der Waals surface area contributed by atoms with Gasteiger partial charge in [-0.05, 0) is 17.9 Å². The second-order valence-electron chi connectivity index (χ2n) is 2.87. The first-order valence-electron chi connectivity index (χ1n) is 4.58. The third kappa shape index (κ3) is 3.77. The van der Waals surface area contributed by atoms with Crippen LogP contribution in [0, 0.1) is 0 Å². The van der Waals surface area contributed by atoms with Gasteiger partial charge >= 0.3 is 0 Å². The summed E-state index contributed by atoms with van der Waals surface area (Å²) < 4.78 is 5.50. The minimum Gasteiger partial charge on any atom is -0.493 e. The van der Waals surface area contributed by atoms with Crippen LogP contribution in [0.2, 0.25) is 0 Å². The summed E-state index contributed by atoms with van der Waals surface area (Å²) in [5.41, 5.74) is 0. The molecular weight excluding hydrogens is 168 g/mol. The van der Waals surface area contributed by atoms with Crippen molar-refractivity contribution in [2.75, 3.05) is 6.61 Å². The summed E-state index contributed by atoms with van der Waals surface area (Å²) in [6.45, 7) is 3.09. The second kappa shape index (κ2) is 6.06. The Morgan fingerprint density at radius 2 is 2.25 bits per heavy atom. The largest absolute Gasteiger partial charge is 0.493 e. The molecule has 1 nitrogen and oxygen atoms in total. The van der Waals surface area contributed by atoms with E-state index in [4.69, 9.17) is 4.74 Å². The molecule has 0 aliphatic heterocycles. The fourth-order valence-corrected chi connectivity index (χ4v) is 1.62. The zero-order valence-corrected chi connectivity index (χ0v) is 8.40. The Labute approximate surface area is 78.4 Å². The summed E-state index contributed by atoms with van der Waals surface area (Å²) in [7, 11) is 0. The lowest BCUT2D eigenvalue weighted by Crippen LogP contribution is -1.95. The molecule has 0 saturated heterocycles. The van der Waals surface area contributed by atoms with Crippen molar-refractivity contribution in [3.05, 3.63) is 16.8 Å². The van der Waals surface area contributed by atoms with Crippen molar-refractivity contribution >= 4 is 11.3 Å². The summed E-state index contributed by atoms with van der Waals surface area (Å²) in [6.07, 6.45) is 5.09. The molecule has 1 aromatic rings. The molecule has 0 aromatic carbocycles. The summed E-state index contributed by atoms with van der Waals surface area (Å²) in [5, 5.41) is 4.08. The standard InChI is InChI=1S/C10H16OS/c1-2-3-4-5-7-11-10-6-8-12-9-10/h6,8-9H,2-5,7H2,1H3. The minimum atomic E-state index is 0.872. The van der Waals surface area contributed by atoms with E-state index in [0.29, 0.717) is 0 Å². The second-order valence-corrected chi connectivity index (χ2v) is 3.65. The number of rotatable bonds is 6. The molecule has 0 radical (unpaired) electrons. The first-order chi connectivity index (χ1) is 5.93. The van der Waals surface area contributed by atoms with Crippen molar-refractivity contribution < 1.29 is 4.74 Å². The van der Waals surface area contributed by atoms with Crippen LogP contribution in [-0.4, -0.2) is 6.61 Å². The van der Waals surface area contributed by atoms with Crippen LogP contribution in [0.5, 0.6) is 5.75 Å². The van der Waals surface area contributed by atoms with E-state index in [9.17, 15) is 0 Å². The van der Waals surface area contributed by atoms with E-state index in [-0.39, 0.29) is 0 Å². The highest BCUT2D eigenvalue weighted by Gasteiger charge is 1.92. The minimum absolute atomic E-state index is 0.872. The normalized spacial score (nSPS) is 10.1. The van der Waals surface area contributed by atoms with Crippen LogP contribution < -0.4 is 4.74 Å². The van der Waals surface area contributed by atoms with Crippen molar-refractivity contribution in [3.8, 4) is 5.75 Å². The highest BCUT2D eigenvalue weighted by Crippen LogP contribution is 2.15. The van der Waals surface area contributed by atoms with E-state index < -0.39 is 0 Å². The van der Waals surface area contributed by atoms with Gasteiger partial charge in [-0.1, -0.05) is 26.2 Å². The van der Waals surface area contributed by atoms with E-state index in [0.717, 1.165) is 12.4 Å². The lowest BCUT2D eigenvalue weighted by atomic mass is 10.2. The summed E-state index contributed by atoms with van der Waals surface area (Å²) in [5.74, 6) is 1.02. The molecule has 12 heavy (non-hydrogen) atoms. The summed E-state index contributed by atoms with van der Waals surface area (Å²) in [4.78, 5) is 0. The molecule has 0 fully saturated rings. The van der Waals surface area contributed by atoms with Crippen LogP contribution in [0.4, 0.5) is 0 Å². The zero-order valence-electron chi connectivity index (χ0n) is 7.58. The maximum absolute atomic E-state index is 5.50. The lowest BCUT2D eigenvalue weighted by molar-refractivity contribution is 0.306. The molecule has 2 heteroatoms. The predicted molar refractivity (Wildman–Crippen MR) is 54.0 cm³/mol. The number of unbranched alkanes of at least 4 members (excludes halogenated alkanes) is 3. The number of hydrogen-bond acceptors (Lipinski definition) is 2. The van der Waals surface area contributed by atoms with Crippen LogP contribution in [0.15, 0.2) is 16.8 Å². The van der Waals surface area contributed by atoms with Gasteiger partial charge in [0.1, 0.15) is 5.75 Å². The van der Waals surface area contributed by atoms with E-state index in [1.165, 1.54) is 25.7 Å². The molecule has 1 heterocycles. The molecule has 0 aliphatic carbocycles. The van der Waals surface area contributed by atoms with Gasteiger partial charge in [0.2, 0.25) is 0 Å². The zero-order chi connectivity index (χ0) is 8.65. The Balaban J connectivity index is 1.96. The third-order valence-corrected chi connectivity index (χ3v) is 2.42. The number of ether oxygens (including phenoxy) is 1. The van der Waals surface area contributed by atoms with Gasteiger partial charge in [-0.15, -0.1) is 11.3 Å². The average Bonchev–Trinajstić information content (AvgIpc) is 2.57. The molecule has 0 bridgehead atoms. The Morgan fingerprint density at radius 3 is 2.92 bits per heavy atom. The highest BCUT2D eigenvalue weighted by molar-refractivity contribution is 7.08. The van der Waals surface area contributed by atoms with Gasteiger partial charge in [0.25, 0.3) is 0 Å². The van der Waals surface area contributed by atoms with E-state index in [1.807, 2.05) is 16.8 Å². The van der Waals surface area contributed by atoms with Crippen LogP contribution in [-0.2, 0) is 0 Å². The number of thiophene rings is 1. The average molecular weight is 184 g/mol. The first-order valence-corrected chi connectivity index (χ1v) is 5.52. The van der Waals surface area contributed by atoms with E-state index in [1.54, 1.807) is 11.3 Å². The van der Waals surface area contributed by atoms with Gasteiger partial charge in [-0.3, -0.25) is 0 Å². The predicted octanol–water partition coefficient (Wildman–Crippen LogP) is 3.71. The molecule has 0 amide bonds. The van der Waals surface area contributed by atoms with Crippen molar-refractivity contribution in [3.63, 3.8) is 0 Å². The van der Waals surface area contributed by atoms with Gasteiger partial charge in [0, 0.05) is 5.38 Å². The molecule has 0 atom stereocenters. The van der Waals surface area contributed by atoms with Gasteiger partial charge < -0.3 is 4.74 Å². The molecule has 1 aromatic heterocycles. The molecule has 68 valence electrons. The smallest absolute Gasteiger partial charge is 0.129 e. The SMILES string of the molecule is CCCCCCOc1ccsc1. The van der Waals surface area contributed by atoms with Crippen molar-refractivity contribution in [1.82, 2.24) is 0 Å². The van der Waals surface area contributed by atoms with Crippen LogP contribution >= 0.6 is 11.3 Å². The first kappa shape index (κ1) is 9.59. The van der Waals surface area contributed by atoms with Gasteiger partial charge in [0.15, 0.2) is 0 Å². The third-order valence-electron chi connectivity index (χ3n) is 1.76. The lowest BCUT2D eigenvalue weighted by Gasteiger charge is -2.02. The van der Waals surface area contributed by atoms with E-state index >= 15 is 0 Å². The topological polar surface area (TPSA) is 9.23 Å². The maximum Gasteiger partial charge on any atom is 0.129 e. The van der Waals surface area contributed by atoms with Gasteiger partial charge in [-0.25, -0.2) is 0 Å². The van der Waals surface area contributed by atoms with Gasteiger partial charge in [0.05, 0.1) is 6.61 Å². The molecule has 0 N–H and O–H groups in total. The Kier molecular flexibility index (Phi) is 4.85. The molecular formula is C10H16OS. The van der Waals surface area contributed by atoms with Crippen LogP contribution in [0.1, 0.15) is 32.6 Å². The molecule has 0 saturated carbocycles. The monoisotopic (exact) mass is 184 g/mol. The van der Waals surface area contributed by atoms with E-state index in [2.05, 4.69) is 6.92 Å². The van der Waals surface area contributed by atoms with Crippen LogP contribution in [0.3, 0.4) is 0 Å². The molecule has 0 unspecified atom stereocenters. The fourth-order valence-electron chi connectivity index (χ4n) is 1.05. The van der Waals surface area contributed by atoms with Crippen molar-refractivity contribution in [2.24, 2.45) is 0 Å². The molecule has 0 aliphatic rings. The molecule has 1 rings (SSSR count). The maximum atomic E-state index is 5.50. The fraction of sp³-hybridized carbons (Fsp3) is 0.600. The highest BCUT2D eigenvalue weighted by atomic mass is 32.1. The number of hydrogen-bond donors (Lipinski definition) is 0. The van der Waals surface area contributed by atoms with Crippen LogP contribution in [0.25, 0.3) is 0 Å². The Morgan fingerprint density at radius 1 is 1.33 bits per heavy atom. The summed E-state index contributed by atoms with van der Waals surface area (Å²) >= 11 is 1.68. The van der Waals surface area contributed by atoms with Crippen molar-refractivity contribution in [1.29, 1.82) is 0 Å². The van der Waals surface area contributed by atoms with Crippen molar-refractivity contribution in [2.45, 2.75) is 32.6 Å².